The Morgan fingerprint density at radius 3 is 1.96 bits per heavy atom. The molecule has 23 heavy (non-hydrogen) atoms. The number of ether oxygens (including phenoxy) is 1. The Kier molecular flexibility index (Phi) is 7.72. The predicted molar refractivity (Wildman–Crippen MR) is 89.7 cm³/mol. The Balaban J connectivity index is 3.54. The molecule has 0 atom stereocenters. The van der Waals surface area contributed by atoms with Crippen molar-refractivity contribution in [2.75, 3.05) is 6.61 Å². The summed E-state index contributed by atoms with van der Waals surface area (Å²) in [4.78, 5) is 11.6. The number of carbonyl (C=O) groups is 1. The third kappa shape index (κ3) is 4.53. The number of benzene rings is 1. The van der Waals surface area contributed by atoms with E-state index in [1.54, 1.807) is 0 Å². The number of rotatable bonds is 10. The Hall–Kier alpha value is -1.91. The van der Waals surface area contributed by atoms with Crippen LogP contribution in [0.4, 0.5) is 0 Å². The van der Waals surface area contributed by atoms with Gasteiger partial charge in [-0.3, -0.25) is 0 Å². The van der Waals surface area contributed by atoms with Gasteiger partial charge in [0.1, 0.15) is 11.3 Å². The zero-order valence-corrected chi connectivity index (χ0v) is 14.3. The molecule has 0 aliphatic carbocycles. The van der Waals surface area contributed by atoms with Gasteiger partial charge in [0.2, 0.25) is 0 Å². The van der Waals surface area contributed by atoms with Crippen LogP contribution in [0, 0.1) is 0 Å². The topological polar surface area (TPSA) is 87.0 Å². The molecule has 0 aliphatic heterocycles. The Morgan fingerprint density at radius 2 is 1.48 bits per heavy atom. The summed E-state index contributed by atoms with van der Waals surface area (Å²) in [5.41, 5.74) is 1.01. The molecule has 130 valence electrons. The highest BCUT2D eigenvalue weighted by Gasteiger charge is 2.28. The molecular weight excluding hydrogens is 296 g/mol. The average Bonchev–Trinajstić information content (AvgIpc) is 2.52. The molecule has 1 aromatic rings. The van der Waals surface area contributed by atoms with Crippen LogP contribution in [0.25, 0.3) is 0 Å². The smallest absolute Gasteiger partial charge is 0.343 e. The molecule has 0 aliphatic rings. The number of phenolic OH excluding ortho intramolecular Hbond substituents is 1. The van der Waals surface area contributed by atoms with Gasteiger partial charge in [0, 0.05) is 11.1 Å². The van der Waals surface area contributed by atoms with Crippen molar-refractivity contribution < 1.29 is 24.9 Å². The van der Waals surface area contributed by atoms with Crippen molar-refractivity contribution in [3.05, 3.63) is 16.7 Å². The van der Waals surface area contributed by atoms with E-state index in [0.29, 0.717) is 25.0 Å². The maximum absolute atomic E-state index is 11.6. The van der Waals surface area contributed by atoms with Crippen LogP contribution in [-0.2, 0) is 12.8 Å². The number of unbranched alkanes of at least 4 members (excludes halogenated alkanes) is 2. The summed E-state index contributed by atoms with van der Waals surface area (Å²) in [6.45, 7) is 6.40. The Labute approximate surface area is 137 Å². The standard InChI is InChI=1S/C18H28O5/c1-4-7-9-12-13(10-8-5-2)17(23-11-6-3)14(18(21)22)16(20)15(12)19/h19-20H,4-11H2,1-3H3,(H,21,22). The first-order chi connectivity index (χ1) is 11.0. The van der Waals surface area contributed by atoms with Crippen molar-refractivity contribution in [3.63, 3.8) is 0 Å². The minimum atomic E-state index is -1.29. The van der Waals surface area contributed by atoms with Gasteiger partial charge >= 0.3 is 5.97 Å². The first-order valence-electron chi connectivity index (χ1n) is 8.45. The van der Waals surface area contributed by atoms with Crippen LogP contribution in [0.1, 0.15) is 74.4 Å². The normalized spacial score (nSPS) is 10.7. The fourth-order valence-electron chi connectivity index (χ4n) is 2.60. The van der Waals surface area contributed by atoms with E-state index >= 15 is 0 Å². The van der Waals surface area contributed by atoms with E-state index in [4.69, 9.17) is 4.74 Å². The summed E-state index contributed by atoms with van der Waals surface area (Å²) in [5.74, 6) is -1.97. The van der Waals surface area contributed by atoms with Crippen molar-refractivity contribution >= 4 is 5.97 Å². The lowest BCUT2D eigenvalue weighted by atomic mass is 9.92. The van der Waals surface area contributed by atoms with Gasteiger partial charge in [-0.05, 0) is 32.1 Å². The van der Waals surface area contributed by atoms with Gasteiger partial charge in [-0.1, -0.05) is 33.6 Å². The summed E-state index contributed by atoms with van der Waals surface area (Å²) in [6.07, 6.45) is 5.57. The minimum Gasteiger partial charge on any atom is -0.504 e. The maximum Gasteiger partial charge on any atom is 0.343 e. The Bertz CT molecular complexity index is 537. The van der Waals surface area contributed by atoms with Crippen LogP contribution in [0.5, 0.6) is 17.2 Å². The molecule has 0 fully saturated rings. The molecule has 0 radical (unpaired) electrons. The fraction of sp³-hybridized carbons (Fsp3) is 0.611. The highest BCUT2D eigenvalue weighted by molar-refractivity contribution is 5.96. The number of hydrogen-bond donors (Lipinski definition) is 3. The van der Waals surface area contributed by atoms with Crippen LogP contribution in [-0.4, -0.2) is 27.9 Å². The lowest BCUT2D eigenvalue weighted by molar-refractivity contribution is 0.0687. The number of carboxylic acid groups (broad SMARTS) is 1. The summed E-state index contributed by atoms with van der Waals surface area (Å²) < 4.78 is 5.68. The second-order valence-electron chi connectivity index (χ2n) is 5.72. The van der Waals surface area contributed by atoms with Crippen molar-refractivity contribution in [1.82, 2.24) is 0 Å². The third-order valence-corrected chi connectivity index (χ3v) is 3.84. The van der Waals surface area contributed by atoms with Gasteiger partial charge in [0.05, 0.1) is 6.61 Å². The molecule has 0 amide bonds. The van der Waals surface area contributed by atoms with Crippen molar-refractivity contribution in [3.8, 4) is 17.2 Å². The zero-order chi connectivity index (χ0) is 17.4. The molecule has 0 aromatic heterocycles. The second kappa shape index (κ2) is 9.28. The summed E-state index contributed by atoms with van der Waals surface area (Å²) >= 11 is 0. The third-order valence-electron chi connectivity index (χ3n) is 3.84. The van der Waals surface area contributed by atoms with E-state index in [-0.39, 0.29) is 17.1 Å². The lowest BCUT2D eigenvalue weighted by Gasteiger charge is -2.20. The summed E-state index contributed by atoms with van der Waals surface area (Å²) in [6, 6.07) is 0. The molecule has 5 heteroatoms. The molecule has 1 rings (SSSR count). The number of aromatic hydroxyl groups is 2. The quantitative estimate of drug-likeness (QED) is 0.559. The minimum absolute atomic E-state index is 0.217. The molecule has 0 unspecified atom stereocenters. The number of aromatic carboxylic acids is 1. The molecule has 0 bridgehead atoms. The van der Waals surface area contributed by atoms with E-state index in [9.17, 15) is 20.1 Å². The van der Waals surface area contributed by atoms with E-state index in [2.05, 4.69) is 6.92 Å². The first kappa shape index (κ1) is 19.1. The van der Waals surface area contributed by atoms with Crippen LogP contribution in [0.15, 0.2) is 0 Å². The highest BCUT2D eigenvalue weighted by atomic mass is 16.5. The summed E-state index contributed by atoms with van der Waals surface area (Å²) in [5, 5.41) is 29.9. The van der Waals surface area contributed by atoms with Crippen molar-refractivity contribution in [2.45, 2.75) is 65.7 Å². The molecule has 0 spiro atoms. The van der Waals surface area contributed by atoms with E-state index in [1.807, 2.05) is 13.8 Å². The highest BCUT2D eigenvalue weighted by Crippen LogP contribution is 2.44. The van der Waals surface area contributed by atoms with Gasteiger partial charge in [-0.25, -0.2) is 4.79 Å². The molecule has 0 heterocycles. The van der Waals surface area contributed by atoms with E-state index < -0.39 is 11.7 Å². The van der Waals surface area contributed by atoms with E-state index in [1.165, 1.54) is 0 Å². The van der Waals surface area contributed by atoms with Gasteiger partial charge in [0.15, 0.2) is 11.5 Å². The van der Waals surface area contributed by atoms with E-state index in [0.717, 1.165) is 37.7 Å². The SMILES string of the molecule is CCCCc1c(O)c(O)c(C(=O)O)c(OCCC)c1CCCC. The van der Waals surface area contributed by atoms with Gasteiger partial charge < -0.3 is 20.1 Å². The van der Waals surface area contributed by atoms with Crippen LogP contribution >= 0.6 is 0 Å². The maximum atomic E-state index is 11.6. The van der Waals surface area contributed by atoms with Gasteiger partial charge in [-0.2, -0.15) is 0 Å². The Morgan fingerprint density at radius 1 is 0.913 bits per heavy atom. The molecule has 3 N–H and O–H groups in total. The fourth-order valence-corrected chi connectivity index (χ4v) is 2.60. The largest absolute Gasteiger partial charge is 0.504 e. The summed E-state index contributed by atoms with van der Waals surface area (Å²) in [7, 11) is 0. The monoisotopic (exact) mass is 324 g/mol. The molecule has 1 aromatic carbocycles. The molecular formula is C18H28O5. The molecule has 0 saturated heterocycles. The molecule has 5 nitrogen and oxygen atoms in total. The predicted octanol–water partition coefficient (Wildman–Crippen LogP) is 4.27. The lowest BCUT2D eigenvalue weighted by Crippen LogP contribution is -2.10. The van der Waals surface area contributed by atoms with Crippen LogP contribution in [0.3, 0.4) is 0 Å². The second-order valence-corrected chi connectivity index (χ2v) is 5.72. The van der Waals surface area contributed by atoms with Crippen LogP contribution < -0.4 is 4.74 Å². The molecule has 0 saturated carbocycles. The number of carboxylic acids is 1. The first-order valence-corrected chi connectivity index (χ1v) is 8.45. The zero-order valence-electron chi connectivity index (χ0n) is 14.3. The number of phenols is 2. The van der Waals surface area contributed by atoms with Crippen molar-refractivity contribution in [1.29, 1.82) is 0 Å². The van der Waals surface area contributed by atoms with Gasteiger partial charge in [-0.15, -0.1) is 0 Å². The number of hydrogen-bond acceptors (Lipinski definition) is 4. The van der Waals surface area contributed by atoms with Crippen molar-refractivity contribution in [2.24, 2.45) is 0 Å². The van der Waals surface area contributed by atoms with Crippen LogP contribution in [0.2, 0.25) is 0 Å². The average molecular weight is 324 g/mol. The van der Waals surface area contributed by atoms with Gasteiger partial charge in [0.25, 0.3) is 0 Å².